The van der Waals surface area contributed by atoms with E-state index in [1.165, 1.54) is 23.9 Å². The molecule has 39 heavy (non-hydrogen) atoms. The van der Waals surface area contributed by atoms with Gasteiger partial charge in [-0.05, 0) is 55.7 Å². The first kappa shape index (κ1) is 28.7. The molecular weight excluding hydrogens is 523 g/mol. The molecule has 0 unspecified atom stereocenters. The van der Waals surface area contributed by atoms with E-state index in [0.29, 0.717) is 60.8 Å². The van der Waals surface area contributed by atoms with Crippen LogP contribution in [-0.4, -0.2) is 48.6 Å². The number of alkyl halides is 3. The summed E-state index contributed by atoms with van der Waals surface area (Å²) in [7, 11) is 0. The normalized spacial score (nSPS) is 14.2. The SMILES string of the molecule is Cc1nc(SCc2ccc(C(=O)NCC(C)C)cc2)nc(N2CCN(c3cccc(C(F)(F)F)c3)CC2)c1C. The summed E-state index contributed by atoms with van der Waals surface area (Å²) >= 11 is 1.54. The van der Waals surface area contributed by atoms with E-state index >= 15 is 0 Å². The van der Waals surface area contributed by atoms with E-state index in [9.17, 15) is 18.0 Å². The predicted octanol–water partition coefficient (Wildman–Crippen LogP) is 6.12. The zero-order chi connectivity index (χ0) is 28.2. The van der Waals surface area contributed by atoms with Crippen molar-refractivity contribution in [2.24, 2.45) is 5.92 Å². The van der Waals surface area contributed by atoms with Crippen molar-refractivity contribution in [2.75, 3.05) is 42.5 Å². The van der Waals surface area contributed by atoms with Gasteiger partial charge in [-0.3, -0.25) is 4.79 Å². The van der Waals surface area contributed by atoms with Crippen LogP contribution in [0.3, 0.4) is 0 Å². The average molecular weight is 558 g/mol. The molecule has 0 spiro atoms. The quantitative estimate of drug-likeness (QED) is 0.266. The minimum Gasteiger partial charge on any atom is -0.368 e. The van der Waals surface area contributed by atoms with E-state index in [0.717, 1.165) is 28.7 Å². The van der Waals surface area contributed by atoms with Crippen molar-refractivity contribution < 1.29 is 18.0 Å². The molecule has 3 aromatic rings. The lowest BCUT2D eigenvalue weighted by Gasteiger charge is -2.37. The number of rotatable bonds is 8. The molecule has 1 fully saturated rings. The van der Waals surface area contributed by atoms with Gasteiger partial charge in [-0.1, -0.05) is 43.8 Å². The molecule has 0 saturated carbocycles. The van der Waals surface area contributed by atoms with Crippen LogP contribution in [0.2, 0.25) is 0 Å². The first-order valence-electron chi connectivity index (χ1n) is 13.0. The van der Waals surface area contributed by atoms with Gasteiger partial charge in [0, 0.05) is 61.0 Å². The maximum absolute atomic E-state index is 13.2. The number of carbonyl (C=O) groups is 1. The molecule has 2 aromatic carbocycles. The van der Waals surface area contributed by atoms with Crippen LogP contribution in [0.5, 0.6) is 0 Å². The maximum Gasteiger partial charge on any atom is 0.416 e. The Balaban J connectivity index is 1.38. The number of amides is 1. The number of carbonyl (C=O) groups excluding carboxylic acids is 1. The number of halogens is 3. The van der Waals surface area contributed by atoms with E-state index in [-0.39, 0.29) is 5.91 Å². The summed E-state index contributed by atoms with van der Waals surface area (Å²) < 4.78 is 39.5. The molecule has 10 heteroatoms. The fraction of sp³-hybridized carbons (Fsp3) is 0.414. The molecule has 4 rings (SSSR count). The lowest BCUT2D eigenvalue weighted by atomic mass is 10.1. The standard InChI is InChI=1S/C29H34F3N5OS/c1-19(2)17-33-27(38)23-10-8-22(9-11-23)18-39-28-34-21(4)20(3)26(35-28)37-14-12-36(13-15-37)25-7-5-6-24(16-25)29(30,31)32/h5-11,16,19H,12-15,17-18H2,1-4H3,(H,33,38). The third kappa shape index (κ3) is 7.44. The van der Waals surface area contributed by atoms with Crippen molar-refractivity contribution in [1.29, 1.82) is 0 Å². The smallest absolute Gasteiger partial charge is 0.368 e. The van der Waals surface area contributed by atoms with Gasteiger partial charge in [0.15, 0.2) is 5.16 Å². The number of aryl methyl sites for hydroxylation is 1. The summed E-state index contributed by atoms with van der Waals surface area (Å²) in [5, 5.41) is 3.60. The molecule has 0 radical (unpaired) electrons. The maximum atomic E-state index is 13.2. The van der Waals surface area contributed by atoms with Crippen molar-refractivity contribution in [1.82, 2.24) is 15.3 Å². The van der Waals surface area contributed by atoms with Crippen LogP contribution in [0.15, 0.2) is 53.7 Å². The Morgan fingerprint density at radius 2 is 1.67 bits per heavy atom. The molecule has 0 aliphatic carbocycles. The molecule has 2 heterocycles. The van der Waals surface area contributed by atoms with Gasteiger partial charge in [-0.2, -0.15) is 13.2 Å². The highest BCUT2D eigenvalue weighted by Crippen LogP contribution is 2.32. The molecular formula is C29H34F3N5OS. The number of anilines is 2. The minimum atomic E-state index is -4.36. The van der Waals surface area contributed by atoms with Gasteiger partial charge in [-0.25, -0.2) is 9.97 Å². The monoisotopic (exact) mass is 557 g/mol. The average Bonchev–Trinajstić information content (AvgIpc) is 2.92. The lowest BCUT2D eigenvalue weighted by molar-refractivity contribution is -0.137. The van der Waals surface area contributed by atoms with Gasteiger partial charge < -0.3 is 15.1 Å². The highest BCUT2D eigenvalue weighted by atomic mass is 32.2. The van der Waals surface area contributed by atoms with Crippen molar-refractivity contribution in [3.05, 3.63) is 76.5 Å². The van der Waals surface area contributed by atoms with Crippen molar-refractivity contribution in [3.63, 3.8) is 0 Å². The summed E-state index contributed by atoms with van der Waals surface area (Å²) in [6, 6.07) is 13.1. The summed E-state index contributed by atoms with van der Waals surface area (Å²) in [4.78, 5) is 25.9. The zero-order valence-electron chi connectivity index (χ0n) is 22.7. The van der Waals surface area contributed by atoms with Crippen LogP contribution >= 0.6 is 11.8 Å². The third-order valence-corrected chi connectivity index (χ3v) is 7.63. The second-order valence-corrected chi connectivity index (χ2v) is 11.1. The predicted molar refractivity (Wildman–Crippen MR) is 151 cm³/mol. The molecule has 1 aliphatic heterocycles. The number of thioether (sulfide) groups is 1. The number of piperazine rings is 1. The fourth-order valence-corrected chi connectivity index (χ4v) is 5.16. The van der Waals surface area contributed by atoms with Crippen LogP contribution in [0.1, 0.15) is 46.6 Å². The van der Waals surface area contributed by atoms with Crippen LogP contribution < -0.4 is 15.1 Å². The first-order valence-corrected chi connectivity index (χ1v) is 14.0. The topological polar surface area (TPSA) is 61.4 Å². The Morgan fingerprint density at radius 1 is 1.00 bits per heavy atom. The van der Waals surface area contributed by atoms with Crippen LogP contribution in [0.25, 0.3) is 0 Å². The van der Waals surface area contributed by atoms with Crippen molar-refractivity contribution >= 4 is 29.2 Å². The molecule has 6 nitrogen and oxygen atoms in total. The fourth-order valence-electron chi connectivity index (χ4n) is 4.32. The Kier molecular flexibility index (Phi) is 9.04. The zero-order valence-corrected chi connectivity index (χ0v) is 23.5. The van der Waals surface area contributed by atoms with E-state index in [1.54, 1.807) is 6.07 Å². The molecule has 1 saturated heterocycles. The van der Waals surface area contributed by atoms with Gasteiger partial charge in [0.2, 0.25) is 0 Å². The van der Waals surface area contributed by atoms with Crippen LogP contribution in [-0.2, 0) is 11.9 Å². The Labute approximate surface area is 232 Å². The number of nitrogens with zero attached hydrogens (tertiary/aromatic N) is 4. The van der Waals surface area contributed by atoms with Gasteiger partial charge in [0.25, 0.3) is 5.91 Å². The van der Waals surface area contributed by atoms with E-state index in [1.807, 2.05) is 43.0 Å². The minimum absolute atomic E-state index is 0.0711. The van der Waals surface area contributed by atoms with E-state index in [2.05, 4.69) is 29.0 Å². The highest BCUT2D eigenvalue weighted by molar-refractivity contribution is 7.98. The molecule has 0 bridgehead atoms. The number of hydrogen-bond acceptors (Lipinski definition) is 6. The Morgan fingerprint density at radius 3 is 2.31 bits per heavy atom. The molecule has 0 atom stereocenters. The van der Waals surface area contributed by atoms with E-state index < -0.39 is 11.7 Å². The molecule has 1 amide bonds. The Hall–Kier alpha value is -3.27. The van der Waals surface area contributed by atoms with Crippen LogP contribution in [0, 0.1) is 19.8 Å². The largest absolute Gasteiger partial charge is 0.416 e. The molecule has 1 aromatic heterocycles. The number of aromatic nitrogens is 2. The second kappa shape index (κ2) is 12.3. The van der Waals surface area contributed by atoms with Crippen molar-refractivity contribution in [3.8, 4) is 0 Å². The van der Waals surface area contributed by atoms with Gasteiger partial charge in [0.05, 0.1) is 5.56 Å². The summed E-state index contributed by atoms with van der Waals surface area (Å²) in [5.74, 6) is 1.86. The third-order valence-electron chi connectivity index (χ3n) is 6.72. The molecule has 1 N–H and O–H groups in total. The molecule has 1 aliphatic rings. The lowest BCUT2D eigenvalue weighted by Crippen LogP contribution is -2.47. The molecule has 208 valence electrons. The summed E-state index contributed by atoms with van der Waals surface area (Å²) in [6.07, 6.45) is -4.36. The summed E-state index contributed by atoms with van der Waals surface area (Å²) in [5.41, 5.74) is 3.57. The Bertz CT molecular complexity index is 1290. The highest BCUT2D eigenvalue weighted by Gasteiger charge is 2.31. The summed E-state index contributed by atoms with van der Waals surface area (Å²) in [6.45, 7) is 11.2. The van der Waals surface area contributed by atoms with Gasteiger partial charge >= 0.3 is 6.18 Å². The van der Waals surface area contributed by atoms with Crippen LogP contribution in [0.4, 0.5) is 24.7 Å². The number of benzene rings is 2. The number of nitrogens with one attached hydrogen (secondary N) is 1. The van der Waals surface area contributed by atoms with Gasteiger partial charge in [0.1, 0.15) is 5.82 Å². The van der Waals surface area contributed by atoms with E-state index in [4.69, 9.17) is 4.98 Å². The van der Waals surface area contributed by atoms with Gasteiger partial charge in [-0.15, -0.1) is 0 Å². The second-order valence-electron chi connectivity index (χ2n) is 10.2. The first-order chi connectivity index (χ1) is 18.5. The van der Waals surface area contributed by atoms with Crippen molar-refractivity contribution in [2.45, 2.75) is 44.8 Å². The number of hydrogen-bond donors (Lipinski definition) is 1.